The molecule has 1 aliphatic heterocycles. The van der Waals surface area contributed by atoms with E-state index in [4.69, 9.17) is 4.74 Å². The standard InChI is InChI=1S/C15H22N2O4S/c1-16(2)15(18)12-5-4-6-14(11-12)22(19,20)17(3)13-7-9-21-10-8-13/h4-6,11,13H,7-10H2,1-3H3. The molecule has 0 aromatic heterocycles. The minimum atomic E-state index is -3.61. The molecule has 0 aliphatic carbocycles. The smallest absolute Gasteiger partial charge is 0.253 e. The Kier molecular flexibility index (Phi) is 5.20. The number of amides is 1. The van der Waals surface area contributed by atoms with Gasteiger partial charge in [-0.1, -0.05) is 6.07 Å². The fraction of sp³-hybridized carbons (Fsp3) is 0.533. The van der Waals surface area contributed by atoms with Crippen LogP contribution in [0.25, 0.3) is 0 Å². The Balaban J connectivity index is 2.29. The second-order valence-electron chi connectivity index (χ2n) is 5.59. The second kappa shape index (κ2) is 6.76. The van der Waals surface area contributed by atoms with Crippen LogP contribution in [0.15, 0.2) is 29.2 Å². The highest BCUT2D eigenvalue weighted by molar-refractivity contribution is 7.89. The third kappa shape index (κ3) is 3.48. The highest BCUT2D eigenvalue weighted by Crippen LogP contribution is 2.22. The van der Waals surface area contributed by atoms with Crippen LogP contribution in [0.5, 0.6) is 0 Å². The fourth-order valence-electron chi connectivity index (χ4n) is 2.46. The Morgan fingerprint density at radius 3 is 2.41 bits per heavy atom. The van der Waals surface area contributed by atoms with Crippen LogP contribution in [-0.2, 0) is 14.8 Å². The van der Waals surface area contributed by atoms with Gasteiger partial charge in [-0.25, -0.2) is 8.42 Å². The predicted molar refractivity (Wildman–Crippen MR) is 83.2 cm³/mol. The average Bonchev–Trinajstić information content (AvgIpc) is 2.54. The van der Waals surface area contributed by atoms with Gasteiger partial charge >= 0.3 is 0 Å². The highest BCUT2D eigenvalue weighted by Gasteiger charge is 2.29. The van der Waals surface area contributed by atoms with Crippen molar-refractivity contribution in [1.82, 2.24) is 9.21 Å². The maximum absolute atomic E-state index is 12.7. The van der Waals surface area contributed by atoms with Gasteiger partial charge in [0.15, 0.2) is 0 Å². The lowest BCUT2D eigenvalue weighted by Gasteiger charge is -2.30. The largest absolute Gasteiger partial charge is 0.381 e. The van der Waals surface area contributed by atoms with E-state index in [0.29, 0.717) is 31.6 Å². The van der Waals surface area contributed by atoms with Crippen LogP contribution in [0.2, 0.25) is 0 Å². The van der Waals surface area contributed by atoms with Gasteiger partial charge in [0.05, 0.1) is 4.90 Å². The third-order valence-electron chi connectivity index (χ3n) is 3.87. The average molecular weight is 326 g/mol. The van der Waals surface area contributed by atoms with E-state index in [2.05, 4.69) is 0 Å². The van der Waals surface area contributed by atoms with Crippen molar-refractivity contribution in [2.75, 3.05) is 34.4 Å². The zero-order chi connectivity index (χ0) is 16.3. The van der Waals surface area contributed by atoms with Crippen LogP contribution >= 0.6 is 0 Å². The van der Waals surface area contributed by atoms with Crippen LogP contribution in [0.4, 0.5) is 0 Å². The Morgan fingerprint density at radius 1 is 1.18 bits per heavy atom. The predicted octanol–water partition coefficient (Wildman–Crippen LogP) is 1.19. The van der Waals surface area contributed by atoms with Crippen LogP contribution in [0.1, 0.15) is 23.2 Å². The molecule has 2 rings (SSSR count). The molecule has 6 nitrogen and oxygen atoms in total. The zero-order valence-corrected chi connectivity index (χ0v) is 14.0. The number of hydrogen-bond donors (Lipinski definition) is 0. The highest BCUT2D eigenvalue weighted by atomic mass is 32.2. The summed E-state index contributed by atoms with van der Waals surface area (Å²) in [4.78, 5) is 13.6. The summed E-state index contributed by atoms with van der Waals surface area (Å²) < 4.78 is 32.1. The summed E-state index contributed by atoms with van der Waals surface area (Å²) in [7, 11) is 1.25. The number of carbonyl (C=O) groups excluding carboxylic acids is 1. The minimum Gasteiger partial charge on any atom is -0.381 e. The molecule has 0 bridgehead atoms. The van der Waals surface area contributed by atoms with Gasteiger partial charge in [-0.2, -0.15) is 4.31 Å². The Bertz CT molecular complexity index is 637. The van der Waals surface area contributed by atoms with Crippen LogP contribution in [0, 0.1) is 0 Å². The normalized spacial score (nSPS) is 16.7. The molecular formula is C15H22N2O4S. The molecule has 0 unspecified atom stereocenters. The summed E-state index contributed by atoms with van der Waals surface area (Å²) in [6, 6.07) is 6.12. The van der Waals surface area contributed by atoms with E-state index >= 15 is 0 Å². The molecule has 1 saturated heterocycles. The fourth-order valence-corrected chi connectivity index (χ4v) is 3.92. The number of nitrogens with zero attached hydrogens (tertiary/aromatic N) is 2. The van der Waals surface area contributed by atoms with E-state index in [9.17, 15) is 13.2 Å². The first kappa shape index (κ1) is 16.9. The first-order valence-corrected chi connectivity index (χ1v) is 8.65. The molecule has 0 radical (unpaired) electrons. The van der Waals surface area contributed by atoms with E-state index in [-0.39, 0.29) is 16.8 Å². The number of benzene rings is 1. The van der Waals surface area contributed by atoms with E-state index in [1.165, 1.54) is 21.3 Å². The Morgan fingerprint density at radius 2 is 1.82 bits per heavy atom. The van der Waals surface area contributed by atoms with Crippen molar-refractivity contribution in [3.8, 4) is 0 Å². The molecule has 0 atom stereocenters. The van der Waals surface area contributed by atoms with E-state index in [1.807, 2.05) is 0 Å². The lowest BCUT2D eigenvalue weighted by Crippen LogP contribution is -2.40. The minimum absolute atomic E-state index is 0.0630. The van der Waals surface area contributed by atoms with Crippen molar-refractivity contribution < 1.29 is 17.9 Å². The number of carbonyl (C=O) groups is 1. The monoisotopic (exact) mass is 326 g/mol. The van der Waals surface area contributed by atoms with Crippen LogP contribution in [-0.4, -0.2) is 63.9 Å². The van der Waals surface area contributed by atoms with Gasteiger partial charge in [0, 0.05) is 46.0 Å². The van der Waals surface area contributed by atoms with E-state index in [0.717, 1.165) is 0 Å². The van der Waals surface area contributed by atoms with Crippen molar-refractivity contribution in [2.45, 2.75) is 23.8 Å². The maximum atomic E-state index is 12.7. The summed E-state index contributed by atoms with van der Waals surface area (Å²) >= 11 is 0. The van der Waals surface area contributed by atoms with E-state index in [1.54, 1.807) is 33.3 Å². The van der Waals surface area contributed by atoms with Crippen molar-refractivity contribution in [3.05, 3.63) is 29.8 Å². The van der Waals surface area contributed by atoms with Crippen LogP contribution in [0.3, 0.4) is 0 Å². The number of hydrogen-bond acceptors (Lipinski definition) is 4. The van der Waals surface area contributed by atoms with Gasteiger partial charge in [0.1, 0.15) is 0 Å². The topological polar surface area (TPSA) is 66.9 Å². The summed E-state index contributed by atoms with van der Waals surface area (Å²) in [5.74, 6) is -0.217. The zero-order valence-electron chi connectivity index (χ0n) is 13.2. The van der Waals surface area contributed by atoms with Gasteiger partial charge in [-0.15, -0.1) is 0 Å². The van der Waals surface area contributed by atoms with Gasteiger partial charge in [-0.05, 0) is 31.0 Å². The van der Waals surface area contributed by atoms with Gasteiger partial charge < -0.3 is 9.64 Å². The van der Waals surface area contributed by atoms with E-state index < -0.39 is 10.0 Å². The lowest BCUT2D eigenvalue weighted by atomic mass is 10.1. The number of sulfonamides is 1. The molecule has 1 aromatic rings. The van der Waals surface area contributed by atoms with Crippen molar-refractivity contribution in [1.29, 1.82) is 0 Å². The first-order chi connectivity index (χ1) is 10.3. The molecule has 1 amide bonds. The Hall–Kier alpha value is -1.44. The van der Waals surface area contributed by atoms with Crippen molar-refractivity contribution in [2.24, 2.45) is 0 Å². The molecule has 0 saturated carbocycles. The summed E-state index contributed by atoms with van der Waals surface area (Å²) in [6.07, 6.45) is 1.37. The second-order valence-corrected chi connectivity index (χ2v) is 7.59. The molecule has 122 valence electrons. The molecule has 1 aliphatic rings. The van der Waals surface area contributed by atoms with Crippen molar-refractivity contribution in [3.63, 3.8) is 0 Å². The Labute approximate surface area is 131 Å². The van der Waals surface area contributed by atoms with Crippen LogP contribution < -0.4 is 0 Å². The first-order valence-electron chi connectivity index (χ1n) is 7.21. The third-order valence-corrected chi connectivity index (χ3v) is 5.78. The molecule has 1 aromatic carbocycles. The molecule has 0 N–H and O–H groups in total. The molecular weight excluding hydrogens is 304 g/mol. The van der Waals surface area contributed by atoms with Gasteiger partial charge in [0.25, 0.3) is 5.91 Å². The van der Waals surface area contributed by atoms with Crippen molar-refractivity contribution >= 4 is 15.9 Å². The quantitative estimate of drug-likeness (QED) is 0.833. The molecule has 7 heteroatoms. The SMILES string of the molecule is CN(C)C(=O)c1cccc(S(=O)(=O)N(C)C2CCOCC2)c1. The summed E-state index contributed by atoms with van der Waals surface area (Å²) in [5.41, 5.74) is 0.367. The number of rotatable bonds is 4. The summed E-state index contributed by atoms with van der Waals surface area (Å²) in [6.45, 7) is 1.15. The van der Waals surface area contributed by atoms with Gasteiger partial charge in [0.2, 0.25) is 10.0 Å². The molecule has 22 heavy (non-hydrogen) atoms. The molecule has 0 spiro atoms. The molecule has 1 heterocycles. The molecule has 1 fully saturated rings. The maximum Gasteiger partial charge on any atom is 0.253 e. The lowest BCUT2D eigenvalue weighted by molar-refractivity contribution is 0.0632. The summed E-state index contributed by atoms with van der Waals surface area (Å²) in [5, 5.41) is 0. The number of ether oxygens (including phenoxy) is 1. The van der Waals surface area contributed by atoms with Gasteiger partial charge in [-0.3, -0.25) is 4.79 Å².